The van der Waals surface area contributed by atoms with Crippen molar-refractivity contribution in [2.45, 2.75) is 12.8 Å². The van der Waals surface area contributed by atoms with E-state index in [4.69, 9.17) is 0 Å². The van der Waals surface area contributed by atoms with E-state index in [-0.39, 0.29) is 26.2 Å². The van der Waals surface area contributed by atoms with E-state index < -0.39 is 0 Å². The second-order valence-electron chi connectivity index (χ2n) is 2.44. The third-order valence-corrected chi connectivity index (χ3v) is 1.83. The first-order valence-electron chi connectivity index (χ1n) is 3.38. The van der Waals surface area contributed by atoms with Gasteiger partial charge in [0.1, 0.15) is 0 Å². The Labute approximate surface area is 80.8 Å². The van der Waals surface area contributed by atoms with Gasteiger partial charge in [0, 0.05) is 26.2 Å². The molecule has 0 atom stereocenters. The molecule has 0 saturated carbocycles. The second kappa shape index (κ2) is 3.39. The van der Waals surface area contributed by atoms with Crippen molar-refractivity contribution in [3.8, 4) is 0 Å². The Morgan fingerprint density at radius 3 is 2.80 bits per heavy atom. The summed E-state index contributed by atoms with van der Waals surface area (Å²) >= 11 is 0. The van der Waals surface area contributed by atoms with E-state index in [2.05, 4.69) is 30.7 Å². The molecule has 0 fully saturated rings. The van der Waals surface area contributed by atoms with Crippen molar-refractivity contribution in [2.75, 3.05) is 0 Å². The summed E-state index contributed by atoms with van der Waals surface area (Å²) < 4.78 is 0. The minimum atomic E-state index is 0. The summed E-state index contributed by atoms with van der Waals surface area (Å²) in [5, 5.41) is 0. The summed E-state index contributed by atoms with van der Waals surface area (Å²) in [7, 11) is 0. The molecule has 10 heavy (non-hydrogen) atoms. The maximum atomic E-state index is 2.30. The molecule has 0 saturated heterocycles. The van der Waals surface area contributed by atoms with Crippen LogP contribution < -0.4 is 0 Å². The molecule has 0 N–H and O–H groups in total. The van der Waals surface area contributed by atoms with Gasteiger partial charge in [0.2, 0.25) is 0 Å². The molecular weight excluding hydrogens is 199 g/mol. The van der Waals surface area contributed by atoms with Crippen molar-refractivity contribution in [2.24, 2.45) is 0 Å². The number of benzene rings is 1. The van der Waals surface area contributed by atoms with Crippen LogP contribution in [0.5, 0.6) is 0 Å². The maximum absolute atomic E-state index is 2.30. The molecule has 1 aromatic rings. The SMILES string of the molecule is [Zr].c1ccc2c(c1)[CH-]CC2. The topological polar surface area (TPSA) is 0 Å². The zero-order chi connectivity index (χ0) is 6.10. The Bertz CT molecular complexity index is 195. The summed E-state index contributed by atoms with van der Waals surface area (Å²) in [5.41, 5.74) is 2.95. The molecule has 0 unspecified atom stereocenters. The van der Waals surface area contributed by atoms with Gasteiger partial charge in [-0.2, -0.15) is 18.1 Å². The molecule has 0 spiro atoms. The Morgan fingerprint density at radius 1 is 1.20 bits per heavy atom. The van der Waals surface area contributed by atoms with Crippen LogP contribution in [0.1, 0.15) is 17.5 Å². The zero-order valence-electron chi connectivity index (χ0n) is 5.80. The fourth-order valence-corrected chi connectivity index (χ4v) is 1.34. The number of aryl methyl sites for hydroxylation is 1. The Hall–Kier alpha value is -0.0269. The molecule has 1 aliphatic carbocycles. The summed E-state index contributed by atoms with van der Waals surface area (Å²) in [6, 6.07) is 8.60. The standard InChI is InChI=1S/C9H9.Zr/c1-2-5-9-7-3-6-8(9)4-1;/h1-2,4-6H,3,7H2;/q-1;. The molecule has 0 aromatic heterocycles. The summed E-state index contributed by atoms with van der Waals surface area (Å²) in [6.45, 7) is 0. The predicted octanol–water partition coefficient (Wildman–Crippen LogP) is 2.18. The predicted molar refractivity (Wildman–Crippen MR) is 38.2 cm³/mol. The smallest absolute Gasteiger partial charge is 0 e. The van der Waals surface area contributed by atoms with E-state index in [0.717, 1.165) is 0 Å². The average Bonchev–Trinajstić information content (AvgIpc) is 2.33. The molecule has 0 bridgehead atoms. The maximum Gasteiger partial charge on any atom is 0 e. The van der Waals surface area contributed by atoms with E-state index >= 15 is 0 Å². The number of hydrogen-bond donors (Lipinski definition) is 0. The van der Waals surface area contributed by atoms with Crippen molar-refractivity contribution in [1.82, 2.24) is 0 Å². The van der Waals surface area contributed by atoms with E-state index in [9.17, 15) is 0 Å². The van der Waals surface area contributed by atoms with E-state index in [1.54, 1.807) is 0 Å². The van der Waals surface area contributed by atoms with Gasteiger partial charge in [-0.3, -0.25) is 0 Å². The van der Waals surface area contributed by atoms with Gasteiger partial charge < -0.3 is 0 Å². The molecule has 0 aliphatic heterocycles. The number of fused-ring (bicyclic) bond motifs is 1. The molecule has 1 heteroatoms. The minimum absolute atomic E-state index is 0. The first-order valence-corrected chi connectivity index (χ1v) is 3.38. The molecular formula is C9H9Zr-. The van der Waals surface area contributed by atoms with Crippen molar-refractivity contribution in [1.29, 1.82) is 0 Å². The van der Waals surface area contributed by atoms with Crippen molar-refractivity contribution < 1.29 is 26.2 Å². The molecule has 1 aliphatic rings. The van der Waals surface area contributed by atoms with Gasteiger partial charge >= 0.3 is 0 Å². The first kappa shape index (κ1) is 8.07. The average molecular weight is 208 g/mol. The third-order valence-electron chi connectivity index (χ3n) is 1.83. The molecule has 0 heterocycles. The van der Waals surface area contributed by atoms with Crippen LogP contribution in [-0.2, 0) is 32.6 Å². The van der Waals surface area contributed by atoms with Crippen molar-refractivity contribution >= 4 is 0 Å². The monoisotopic (exact) mass is 207 g/mol. The Kier molecular flexibility index (Phi) is 2.74. The van der Waals surface area contributed by atoms with Crippen LogP contribution in [0.3, 0.4) is 0 Å². The van der Waals surface area contributed by atoms with Crippen molar-refractivity contribution in [3.63, 3.8) is 0 Å². The van der Waals surface area contributed by atoms with Crippen LogP contribution >= 0.6 is 0 Å². The minimum Gasteiger partial charge on any atom is -0.189 e. The molecule has 2 rings (SSSR count). The van der Waals surface area contributed by atoms with Gasteiger partial charge in [0.25, 0.3) is 0 Å². The van der Waals surface area contributed by atoms with E-state index in [0.29, 0.717) is 0 Å². The fraction of sp³-hybridized carbons (Fsp3) is 0.222. The summed E-state index contributed by atoms with van der Waals surface area (Å²) in [5.74, 6) is 0. The number of hydrogen-bond acceptors (Lipinski definition) is 0. The van der Waals surface area contributed by atoms with Crippen LogP contribution in [0.25, 0.3) is 0 Å². The van der Waals surface area contributed by atoms with Gasteiger partial charge in [-0.15, -0.1) is 17.7 Å². The van der Waals surface area contributed by atoms with Gasteiger partial charge in [-0.1, -0.05) is 18.9 Å². The quantitative estimate of drug-likeness (QED) is 0.573. The molecule has 0 radical (unpaired) electrons. The van der Waals surface area contributed by atoms with Crippen LogP contribution in [0.15, 0.2) is 24.3 Å². The van der Waals surface area contributed by atoms with Crippen LogP contribution in [0.4, 0.5) is 0 Å². The van der Waals surface area contributed by atoms with Gasteiger partial charge in [0.15, 0.2) is 0 Å². The Morgan fingerprint density at radius 2 is 2.00 bits per heavy atom. The van der Waals surface area contributed by atoms with Crippen molar-refractivity contribution in [3.05, 3.63) is 41.8 Å². The van der Waals surface area contributed by atoms with E-state index in [1.165, 1.54) is 24.0 Å². The Balaban J connectivity index is 0.000000500. The van der Waals surface area contributed by atoms with Crippen LogP contribution in [-0.4, -0.2) is 0 Å². The molecule has 50 valence electrons. The largest absolute Gasteiger partial charge is 0.189 e. The fourth-order valence-electron chi connectivity index (χ4n) is 1.34. The molecule has 1 aromatic carbocycles. The first-order chi connectivity index (χ1) is 4.47. The van der Waals surface area contributed by atoms with Gasteiger partial charge in [0.05, 0.1) is 0 Å². The van der Waals surface area contributed by atoms with Gasteiger partial charge in [-0.05, 0) is 0 Å². The zero-order valence-corrected chi connectivity index (χ0v) is 8.26. The van der Waals surface area contributed by atoms with E-state index in [1.807, 2.05) is 0 Å². The summed E-state index contributed by atoms with van der Waals surface area (Å²) in [6.07, 6.45) is 4.78. The van der Waals surface area contributed by atoms with Gasteiger partial charge in [-0.25, -0.2) is 0 Å². The third kappa shape index (κ3) is 1.35. The van der Waals surface area contributed by atoms with Crippen LogP contribution in [0, 0.1) is 6.42 Å². The normalized spacial score (nSPS) is 13.2. The number of rotatable bonds is 0. The second-order valence-corrected chi connectivity index (χ2v) is 2.44. The van der Waals surface area contributed by atoms with Crippen LogP contribution in [0.2, 0.25) is 0 Å². The molecule has 0 nitrogen and oxygen atoms in total. The molecule has 0 amide bonds. The summed E-state index contributed by atoms with van der Waals surface area (Å²) in [4.78, 5) is 0.